The van der Waals surface area contributed by atoms with Gasteiger partial charge in [0.1, 0.15) is 5.75 Å². The zero-order valence-corrected chi connectivity index (χ0v) is 19.6. The molecule has 0 aliphatic heterocycles. The molecule has 0 saturated heterocycles. The minimum atomic E-state index is -3.42. The number of benzene rings is 2. The maximum atomic E-state index is 12.7. The molecular weight excluding hydrogens is 447 g/mol. The van der Waals surface area contributed by atoms with Crippen LogP contribution >= 0.6 is 23.2 Å². The van der Waals surface area contributed by atoms with Gasteiger partial charge in [-0.2, -0.15) is 0 Å². The fraction of sp³-hybridized carbons (Fsp3) is 0.381. The molecule has 164 valence electrons. The Balaban J connectivity index is 2.04. The first-order valence-electron chi connectivity index (χ1n) is 9.57. The van der Waals surface area contributed by atoms with Crippen LogP contribution < -0.4 is 10.1 Å². The summed E-state index contributed by atoms with van der Waals surface area (Å²) in [5, 5.41) is 4.02. The van der Waals surface area contributed by atoms with Crippen molar-refractivity contribution in [3.63, 3.8) is 0 Å². The van der Waals surface area contributed by atoms with Crippen molar-refractivity contribution in [2.24, 2.45) is 0 Å². The minimum absolute atomic E-state index is 0.0426. The average Bonchev–Trinajstić information content (AvgIpc) is 2.73. The van der Waals surface area contributed by atoms with Gasteiger partial charge in [0.15, 0.2) is 9.84 Å². The Morgan fingerprint density at radius 2 is 1.87 bits per heavy atom. The number of rotatable bonds is 10. The van der Waals surface area contributed by atoms with Crippen LogP contribution in [-0.2, 0) is 16.4 Å². The molecule has 0 aliphatic rings. The normalized spacial score (nSPS) is 11.5. The topological polar surface area (TPSA) is 75.7 Å². The largest absolute Gasteiger partial charge is 0.496 e. The maximum Gasteiger partial charge on any atom is 0.255 e. The van der Waals surface area contributed by atoms with E-state index in [1.54, 1.807) is 19.1 Å². The predicted molar refractivity (Wildman–Crippen MR) is 120 cm³/mol. The highest BCUT2D eigenvalue weighted by atomic mass is 35.5. The Hall–Kier alpha value is -1.80. The van der Waals surface area contributed by atoms with Crippen LogP contribution in [0.25, 0.3) is 0 Å². The van der Waals surface area contributed by atoms with Gasteiger partial charge in [-0.15, -0.1) is 0 Å². The van der Waals surface area contributed by atoms with Crippen molar-refractivity contribution in [1.29, 1.82) is 0 Å². The van der Waals surface area contributed by atoms with Gasteiger partial charge in [-0.05, 0) is 42.4 Å². The number of ether oxygens (including phenoxy) is 1. The van der Waals surface area contributed by atoms with E-state index in [-0.39, 0.29) is 22.1 Å². The van der Waals surface area contributed by atoms with Gasteiger partial charge in [-0.25, -0.2) is 8.42 Å². The van der Waals surface area contributed by atoms with Gasteiger partial charge in [0.05, 0.1) is 23.3 Å². The molecule has 2 aromatic rings. The molecule has 2 rings (SSSR count). The van der Waals surface area contributed by atoms with E-state index in [2.05, 4.69) is 10.2 Å². The average molecular weight is 473 g/mol. The van der Waals surface area contributed by atoms with Crippen molar-refractivity contribution >= 4 is 38.9 Å². The van der Waals surface area contributed by atoms with E-state index < -0.39 is 9.84 Å². The molecule has 0 aliphatic carbocycles. The van der Waals surface area contributed by atoms with E-state index in [4.69, 9.17) is 27.9 Å². The molecule has 0 fully saturated rings. The molecule has 1 N–H and O–H groups in total. The van der Waals surface area contributed by atoms with Gasteiger partial charge >= 0.3 is 0 Å². The van der Waals surface area contributed by atoms with E-state index in [9.17, 15) is 13.2 Å². The van der Waals surface area contributed by atoms with Crippen molar-refractivity contribution < 1.29 is 17.9 Å². The molecule has 0 heterocycles. The molecule has 6 nitrogen and oxygen atoms in total. The van der Waals surface area contributed by atoms with Crippen LogP contribution in [0.1, 0.15) is 29.8 Å². The number of nitrogens with zero attached hydrogens (tertiary/aromatic N) is 1. The van der Waals surface area contributed by atoms with Crippen LogP contribution in [0.2, 0.25) is 10.0 Å². The number of hydrogen-bond donors (Lipinski definition) is 1. The summed E-state index contributed by atoms with van der Waals surface area (Å²) in [5.74, 6) is -0.109. The zero-order valence-electron chi connectivity index (χ0n) is 17.2. The molecule has 1 amide bonds. The van der Waals surface area contributed by atoms with Crippen LogP contribution in [0.15, 0.2) is 41.3 Å². The number of halogens is 2. The number of sulfone groups is 1. The lowest BCUT2D eigenvalue weighted by molar-refractivity contribution is 0.0945. The highest BCUT2D eigenvalue weighted by Crippen LogP contribution is 2.24. The number of methoxy groups -OCH3 is 1. The number of nitrogens with one attached hydrogen (secondary N) is 1. The smallest absolute Gasteiger partial charge is 0.255 e. The zero-order chi connectivity index (χ0) is 22.3. The van der Waals surface area contributed by atoms with Gasteiger partial charge in [-0.3, -0.25) is 9.69 Å². The first-order chi connectivity index (χ1) is 14.2. The third kappa shape index (κ3) is 6.35. The van der Waals surface area contributed by atoms with Gasteiger partial charge in [-0.1, -0.05) is 43.1 Å². The molecule has 0 radical (unpaired) electrons. The highest BCUT2D eigenvalue weighted by Gasteiger charge is 2.19. The first-order valence-corrected chi connectivity index (χ1v) is 12.0. The summed E-state index contributed by atoms with van der Waals surface area (Å²) < 4.78 is 29.5. The third-order valence-corrected chi connectivity index (χ3v) is 7.04. The summed E-state index contributed by atoms with van der Waals surface area (Å²) in [6.07, 6.45) is 0. The summed E-state index contributed by atoms with van der Waals surface area (Å²) in [7, 11) is -1.99. The minimum Gasteiger partial charge on any atom is -0.496 e. The molecule has 0 bridgehead atoms. The van der Waals surface area contributed by atoms with Crippen molar-refractivity contribution in [3.05, 3.63) is 57.6 Å². The van der Waals surface area contributed by atoms with Gasteiger partial charge < -0.3 is 10.1 Å². The van der Waals surface area contributed by atoms with Crippen LogP contribution in [-0.4, -0.2) is 51.7 Å². The Labute approximate surface area is 188 Å². The van der Waals surface area contributed by atoms with Crippen molar-refractivity contribution in [1.82, 2.24) is 10.2 Å². The van der Waals surface area contributed by atoms with Crippen LogP contribution in [0.3, 0.4) is 0 Å². The fourth-order valence-electron chi connectivity index (χ4n) is 2.89. The second-order valence-corrected chi connectivity index (χ2v) is 9.75. The number of hydrogen-bond acceptors (Lipinski definition) is 5. The molecular formula is C21H26Cl2N2O4S. The molecule has 0 atom stereocenters. The molecule has 2 aromatic carbocycles. The van der Waals surface area contributed by atoms with Gasteiger partial charge in [0, 0.05) is 29.7 Å². The Bertz CT molecular complexity index is 996. The molecule has 0 saturated carbocycles. The predicted octanol–water partition coefficient (Wildman–Crippen LogP) is 4.05. The second kappa shape index (κ2) is 11.0. The Morgan fingerprint density at radius 3 is 2.47 bits per heavy atom. The van der Waals surface area contributed by atoms with Crippen LogP contribution in [0, 0.1) is 0 Å². The van der Waals surface area contributed by atoms with E-state index >= 15 is 0 Å². The second-order valence-electron chi connectivity index (χ2n) is 6.63. The summed E-state index contributed by atoms with van der Waals surface area (Å²) in [6.45, 7) is 5.94. The lowest BCUT2D eigenvalue weighted by Gasteiger charge is -2.21. The number of amides is 1. The Kier molecular flexibility index (Phi) is 8.97. The van der Waals surface area contributed by atoms with E-state index in [0.717, 1.165) is 12.1 Å². The molecule has 0 aromatic heterocycles. The van der Waals surface area contributed by atoms with E-state index in [0.29, 0.717) is 35.4 Å². The lowest BCUT2D eigenvalue weighted by atomic mass is 10.2. The number of carbonyl (C=O) groups excluding carboxylic acids is 1. The summed E-state index contributed by atoms with van der Waals surface area (Å²) in [4.78, 5) is 14.9. The van der Waals surface area contributed by atoms with Crippen molar-refractivity contribution in [3.8, 4) is 5.75 Å². The van der Waals surface area contributed by atoms with Crippen LogP contribution in [0.5, 0.6) is 5.75 Å². The van der Waals surface area contributed by atoms with Crippen LogP contribution in [0.4, 0.5) is 0 Å². The van der Waals surface area contributed by atoms with Crippen molar-refractivity contribution in [2.75, 3.05) is 32.5 Å². The van der Waals surface area contributed by atoms with Gasteiger partial charge in [0.25, 0.3) is 5.91 Å². The number of likely N-dealkylation sites (N-methyl/N-ethyl adjacent to an activating group) is 1. The highest BCUT2D eigenvalue weighted by molar-refractivity contribution is 7.91. The number of carbonyl (C=O) groups is 1. The first kappa shape index (κ1) is 24.5. The standard InChI is InChI=1S/C21H26Cl2N2O4S/c1-4-25(14-15-6-7-16(22)12-19(15)23)11-10-24-21(26)18-13-17(30(27,28)5-2)8-9-20(18)29-3/h6-9,12-13H,4-5,10-11,14H2,1-3H3,(H,24,26). The third-order valence-electron chi connectivity index (χ3n) is 4.72. The summed E-state index contributed by atoms with van der Waals surface area (Å²) >= 11 is 12.2. The Morgan fingerprint density at radius 1 is 1.13 bits per heavy atom. The fourth-order valence-corrected chi connectivity index (χ4v) is 4.26. The maximum absolute atomic E-state index is 12.7. The SMILES string of the molecule is CCN(CCNC(=O)c1cc(S(=O)(=O)CC)ccc1OC)Cc1ccc(Cl)cc1Cl. The quantitative estimate of drug-likeness (QED) is 0.564. The lowest BCUT2D eigenvalue weighted by Crippen LogP contribution is -2.34. The summed E-state index contributed by atoms with van der Waals surface area (Å²) in [6, 6.07) is 9.69. The molecule has 9 heteroatoms. The van der Waals surface area contributed by atoms with Crippen molar-refractivity contribution in [2.45, 2.75) is 25.3 Å². The summed E-state index contributed by atoms with van der Waals surface area (Å²) in [5.41, 5.74) is 1.14. The van der Waals surface area contributed by atoms with E-state index in [1.165, 1.54) is 25.3 Å². The molecule has 0 spiro atoms. The molecule has 0 unspecified atom stereocenters. The molecule has 30 heavy (non-hydrogen) atoms. The monoisotopic (exact) mass is 472 g/mol. The van der Waals surface area contributed by atoms with E-state index in [1.807, 2.05) is 13.0 Å². The van der Waals surface area contributed by atoms with Gasteiger partial charge in [0.2, 0.25) is 0 Å².